The third kappa shape index (κ3) is 2.70. The molecule has 2 N–H and O–H groups in total. The predicted octanol–water partition coefficient (Wildman–Crippen LogP) is 2.55. The highest BCUT2D eigenvalue weighted by Crippen LogP contribution is 2.31. The monoisotopic (exact) mass is 273 g/mol. The zero-order chi connectivity index (χ0) is 13.9. The minimum absolute atomic E-state index is 0.410. The highest BCUT2D eigenvalue weighted by atomic mass is 15.2. The van der Waals surface area contributed by atoms with Crippen LogP contribution in [0.3, 0.4) is 0 Å². The number of aryl methyl sites for hydroxylation is 1. The highest BCUT2D eigenvalue weighted by Gasteiger charge is 2.22. The Morgan fingerprint density at radius 2 is 1.90 bits per heavy atom. The van der Waals surface area contributed by atoms with Gasteiger partial charge in [-0.05, 0) is 56.0 Å². The molecule has 1 saturated heterocycles. The molecule has 0 amide bonds. The van der Waals surface area contributed by atoms with Crippen LogP contribution in [0.2, 0.25) is 0 Å². The summed E-state index contributed by atoms with van der Waals surface area (Å²) in [5.74, 6) is 0. The lowest BCUT2D eigenvalue weighted by molar-refractivity contribution is 0.167. The van der Waals surface area contributed by atoms with Gasteiger partial charge in [-0.3, -0.25) is 4.90 Å². The second-order valence-corrected chi connectivity index (χ2v) is 6.26. The summed E-state index contributed by atoms with van der Waals surface area (Å²) >= 11 is 0. The van der Waals surface area contributed by atoms with Gasteiger partial charge in [0.25, 0.3) is 0 Å². The summed E-state index contributed by atoms with van der Waals surface area (Å²) in [7, 11) is 2.20. The number of nitrogens with zero attached hydrogens (tertiary/aromatic N) is 2. The molecule has 2 aliphatic heterocycles. The van der Waals surface area contributed by atoms with Gasteiger partial charge in [-0.15, -0.1) is 0 Å². The minimum atomic E-state index is 0.410. The Bertz CT molecular complexity index is 452. The predicted molar refractivity (Wildman–Crippen MR) is 85.3 cm³/mol. The summed E-state index contributed by atoms with van der Waals surface area (Å²) < 4.78 is 0. The van der Waals surface area contributed by atoms with Crippen LogP contribution in [0.15, 0.2) is 18.2 Å². The first-order valence-electron chi connectivity index (χ1n) is 8.07. The van der Waals surface area contributed by atoms with E-state index in [0.717, 1.165) is 6.54 Å². The van der Waals surface area contributed by atoms with Crippen LogP contribution in [-0.4, -0.2) is 38.1 Å². The normalized spacial score (nSPS) is 21.6. The van der Waals surface area contributed by atoms with E-state index in [1.807, 2.05) is 0 Å². The molecule has 20 heavy (non-hydrogen) atoms. The van der Waals surface area contributed by atoms with Crippen molar-refractivity contribution in [1.82, 2.24) is 4.90 Å². The fraction of sp³-hybridized carbons (Fsp3) is 0.647. The van der Waals surface area contributed by atoms with Crippen LogP contribution in [0.1, 0.15) is 42.9 Å². The highest BCUT2D eigenvalue weighted by molar-refractivity contribution is 5.56. The summed E-state index contributed by atoms with van der Waals surface area (Å²) in [5.41, 5.74) is 10.4. The average molecular weight is 273 g/mol. The average Bonchev–Trinajstić information content (AvgIpc) is 2.49. The Kier molecular flexibility index (Phi) is 4.27. The molecule has 0 radical (unpaired) electrons. The van der Waals surface area contributed by atoms with E-state index in [2.05, 4.69) is 35.0 Å². The molecule has 1 unspecified atom stereocenters. The molecular formula is C17H27N3. The second kappa shape index (κ2) is 6.15. The van der Waals surface area contributed by atoms with E-state index < -0.39 is 0 Å². The van der Waals surface area contributed by atoms with Crippen molar-refractivity contribution in [2.45, 2.75) is 38.1 Å². The van der Waals surface area contributed by atoms with E-state index in [9.17, 15) is 0 Å². The molecular weight excluding hydrogens is 246 g/mol. The molecule has 0 saturated carbocycles. The minimum Gasteiger partial charge on any atom is -0.374 e. The maximum atomic E-state index is 6.09. The Labute approximate surface area is 122 Å². The number of benzene rings is 1. The third-order valence-corrected chi connectivity index (χ3v) is 4.89. The molecule has 2 aliphatic rings. The van der Waals surface area contributed by atoms with Crippen molar-refractivity contribution >= 4 is 5.69 Å². The molecule has 3 nitrogen and oxygen atoms in total. The summed E-state index contributed by atoms with van der Waals surface area (Å²) in [4.78, 5) is 4.96. The van der Waals surface area contributed by atoms with Crippen LogP contribution in [0.4, 0.5) is 5.69 Å². The van der Waals surface area contributed by atoms with E-state index >= 15 is 0 Å². The standard InChI is InChI=1S/C17H27N3/c1-19-9-5-6-14-12-15(7-8-16(14)19)17(13-18)20-10-3-2-4-11-20/h7-8,12,17H,2-6,9-11,13,18H2,1H3. The first kappa shape index (κ1) is 13.9. The van der Waals surface area contributed by atoms with Gasteiger partial charge in [0.2, 0.25) is 0 Å². The lowest BCUT2D eigenvalue weighted by Crippen LogP contribution is -2.37. The maximum Gasteiger partial charge on any atom is 0.0470 e. The number of hydrogen-bond donors (Lipinski definition) is 1. The number of likely N-dealkylation sites (tertiary alicyclic amines) is 1. The molecule has 3 rings (SSSR count). The van der Waals surface area contributed by atoms with Crippen LogP contribution in [-0.2, 0) is 6.42 Å². The van der Waals surface area contributed by atoms with Crippen molar-refractivity contribution in [3.63, 3.8) is 0 Å². The second-order valence-electron chi connectivity index (χ2n) is 6.26. The van der Waals surface area contributed by atoms with E-state index in [1.165, 1.54) is 68.6 Å². The van der Waals surface area contributed by atoms with Crippen LogP contribution < -0.4 is 10.6 Å². The number of anilines is 1. The third-order valence-electron chi connectivity index (χ3n) is 4.89. The zero-order valence-electron chi connectivity index (χ0n) is 12.6. The molecule has 2 heterocycles. The molecule has 0 aliphatic carbocycles. The van der Waals surface area contributed by atoms with Gasteiger partial charge in [0.15, 0.2) is 0 Å². The van der Waals surface area contributed by atoms with Gasteiger partial charge in [0.1, 0.15) is 0 Å². The fourth-order valence-corrected chi connectivity index (χ4v) is 3.74. The lowest BCUT2D eigenvalue weighted by Gasteiger charge is -2.35. The van der Waals surface area contributed by atoms with Gasteiger partial charge in [-0.2, -0.15) is 0 Å². The number of piperidine rings is 1. The Morgan fingerprint density at radius 3 is 2.65 bits per heavy atom. The number of fused-ring (bicyclic) bond motifs is 1. The SMILES string of the molecule is CN1CCCc2cc(C(CN)N3CCCCC3)ccc21. The fourth-order valence-electron chi connectivity index (χ4n) is 3.74. The number of hydrogen-bond acceptors (Lipinski definition) is 3. The van der Waals surface area contributed by atoms with Gasteiger partial charge in [0.05, 0.1) is 0 Å². The number of nitrogens with two attached hydrogens (primary N) is 1. The molecule has 1 aromatic carbocycles. The molecule has 110 valence electrons. The van der Waals surface area contributed by atoms with Gasteiger partial charge >= 0.3 is 0 Å². The van der Waals surface area contributed by atoms with Crippen LogP contribution in [0.25, 0.3) is 0 Å². The summed E-state index contributed by atoms with van der Waals surface area (Å²) in [6, 6.07) is 7.42. The Balaban J connectivity index is 1.84. The van der Waals surface area contributed by atoms with Crippen molar-refractivity contribution in [1.29, 1.82) is 0 Å². The van der Waals surface area contributed by atoms with Crippen molar-refractivity contribution in [2.75, 3.05) is 38.1 Å². The van der Waals surface area contributed by atoms with E-state index in [-0.39, 0.29) is 0 Å². The summed E-state index contributed by atoms with van der Waals surface area (Å²) in [6.45, 7) is 4.32. The van der Waals surface area contributed by atoms with Crippen molar-refractivity contribution in [3.8, 4) is 0 Å². The first-order chi connectivity index (χ1) is 9.79. The molecule has 1 aromatic rings. The summed E-state index contributed by atoms with van der Waals surface area (Å²) in [6.07, 6.45) is 6.51. The Morgan fingerprint density at radius 1 is 1.10 bits per heavy atom. The van der Waals surface area contributed by atoms with E-state index in [0.29, 0.717) is 6.04 Å². The molecule has 1 atom stereocenters. The Hall–Kier alpha value is -1.06. The number of rotatable bonds is 3. The van der Waals surface area contributed by atoms with Crippen LogP contribution in [0.5, 0.6) is 0 Å². The van der Waals surface area contributed by atoms with Crippen molar-refractivity contribution in [2.24, 2.45) is 5.73 Å². The van der Waals surface area contributed by atoms with Gasteiger partial charge < -0.3 is 10.6 Å². The molecule has 0 aromatic heterocycles. The topological polar surface area (TPSA) is 32.5 Å². The summed E-state index contributed by atoms with van der Waals surface area (Å²) in [5, 5.41) is 0. The molecule has 1 fully saturated rings. The molecule has 0 bridgehead atoms. The van der Waals surface area contributed by atoms with E-state index in [1.54, 1.807) is 0 Å². The smallest absolute Gasteiger partial charge is 0.0470 e. The maximum absolute atomic E-state index is 6.09. The largest absolute Gasteiger partial charge is 0.374 e. The van der Waals surface area contributed by atoms with Gasteiger partial charge in [-0.1, -0.05) is 18.6 Å². The lowest BCUT2D eigenvalue weighted by atomic mass is 9.95. The van der Waals surface area contributed by atoms with Crippen LogP contribution in [0, 0.1) is 0 Å². The van der Waals surface area contributed by atoms with Gasteiger partial charge in [0, 0.05) is 31.9 Å². The zero-order valence-corrected chi connectivity index (χ0v) is 12.6. The quantitative estimate of drug-likeness (QED) is 0.918. The first-order valence-corrected chi connectivity index (χ1v) is 8.07. The molecule has 3 heteroatoms. The van der Waals surface area contributed by atoms with E-state index in [4.69, 9.17) is 5.73 Å². The van der Waals surface area contributed by atoms with Gasteiger partial charge in [-0.25, -0.2) is 0 Å². The van der Waals surface area contributed by atoms with Crippen molar-refractivity contribution < 1.29 is 0 Å². The molecule has 0 spiro atoms. The van der Waals surface area contributed by atoms with Crippen LogP contribution >= 0.6 is 0 Å². The van der Waals surface area contributed by atoms with Crippen molar-refractivity contribution in [3.05, 3.63) is 29.3 Å².